The molecule has 6 rings (SSSR count). The van der Waals surface area contributed by atoms with Crippen LogP contribution in [0, 0.1) is 0 Å². The lowest BCUT2D eigenvalue weighted by molar-refractivity contribution is -0.284. The van der Waals surface area contributed by atoms with Gasteiger partial charge in [0.25, 0.3) is 0 Å². The van der Waals surface area contributed by atoms with Gasteiger partial charge in [0.05, 0.1) is 52.7 Å². The Hall–Kier alpha value is -5.71. The van der Waals surface area contributed by atoms with E-state index in [1.165, 1.54) is 52.7 Å². The number of hydrogen-bond donors (Lipinski definition) is 7. The maximum atomic E-state index is 10.9. The Morgan fingerprint density at radius 3 is 1.92 bits per heavy atom. The van der Waals surface area contributed by atoms with Gasteiger partial charge in [-0.2, -0.15) is 0 Å². The van der Waals surface area contributed by atoms with Crippen molar-refractivity contribution in [3.8, 4) is 46.0 Å². The van der Waals surface area contributed by atoms with E-state index in [1.807, 2.05) is 0 Å². The summed E-state index contributed by atoms with van der Waals surface area (Å²) >= 11 is 0. The van der Waals surface area contributed by atoms with Crippen LogP contribution in [0.5, 0.6) is 46.0 Å². The number of phenols is 3. The van der Waals surface area contributed by atoms with Gasteiger partial charge in [0.1, 0.15) is 41.3 Å². The maximum absolute atomic E-state index is 10.9. The van der Waals surface area contributed by atoms with E-state index in [-0.39, 0.29) is 74.4 Å². The summed E-state index contributed by atoms with van der Waals surface area (Å²) in [6.07, 6.45) is -1.33. The first-order valence-corrected chi connectivity index (χ1v) is 15.8. The molecule has 5 atom stereocenters. The normalized spacial score (nSPS) is 21.4. The molecule has 2 aliphatic rings. The van der Waals surface area contributed by atoms with E-state index in [2.05, 4.69) is 0 Å². The van der Waals surface area contributed by atoms with Crippen molar-refractivity contribution in [2.45, 2.75) is 30.7 Å². The Balaban J connectivity index is 1.50. The number of aliphatic hydroxyl groups excluding tert-OH is 4. The molecule has 0 bridgehead atoms. The predicted octanol–water partition coefficient (Wildman–Crippen LogP) is 3.63. The third-order valence-electron chi connectivity index (χ3n) is 8.48. The maximum Gasteiger partial charge on any atom is 0.369 e. The number of hydrogen-bond acceptors (Lipinski definition) is 14. The van der Waals surface area contributed by atoms with Gasteiger partial charge in [-0.3, -0.25) is 0 Å². The molecule has 1 fully saturated rings. The highest BCUT2D eigenvalue weighted by molar-refractivity contribution is 6.03. The Labute approximate surface area is 296 Å². The van der Waals surface area contributed by atoms with Crippen molar-refractivity contribution in [1.82, 2.24) is 0 Å². The number of aliphatic hydroxyl groups is 4. The molecular formula is C37H37O15+. The number of methoxy groups -OCH3 is 4. The third kappa shape index (κ3) is 6.70. The summed E-state index contributed by atoms with van der Waals surface area (Å²) in [5, 5.41) is 73.6. The number of phenolic OH excluding ortho intramolecular Hbond substituents is 3. The van der Waals surface area contributed by atoms with Gasteiger partial charge in [-0.25, -0.2) is 4.42 Å². The highest BCUT2D eigenvalue weighted by Gasteiger charge is 2.46. The van der Waals surface area contributed by atoms with Gasteiger partial charge in [0.2, 0.25) is 17.8 Å². The second-order valence-electron chi connectivity index (χ2n) is 11.7. The summed E-state index contributed by atoms with van der Waals surface area (Å²) in [6, 6.07) is 10.5. The molecule has 3 heterocycles. The van der Waals surface area contributed by atoms with Gasteiger partial charge < -0.3 is 68.9 Å². The van der Waals surface area contributed by atoms with Gasteiger partial charge >= 0.3 is 11.3 Å². The summed E-state index contributed by atoms with van der Waals surface area (Å²) < 4.78 is 45.6. The Morgan fingerprint density at radius 1 is 0.731 bits per heavy atom. The van der Waals surface area contributed by atoms with Crippen molar-refractivity contribution in [2.24, 2.45) is 0 Å². The van der Waals surface area contributed by atoms with Crippen LogP contribution in [0.2, 0.25) is 0 Å². The number of allylic oxidation sites excluding steroid dienone is 2. The molecule has 1 aromatic heterocycles. The van der Waals surface area contributed by atoms with E-state index in [0.29, 0.717) is 16.5 Å². The van der Waals surface area contributed by atoms with E-state index >= 15 is 0 Å². The molecule has 52 heavy (non-hydrogen) atoms. The lowest BCUT2D eigenvalue weighted by atomic mass is 9.98. The van der Waals surface area contributed by atoms with Gasteiger partial charge in [-0.15, -0.1) is 0 Å². The van der Waals surface area contributed by atoms with Crippen molar-refractivity contribution in [3.63, 3.8) is 0 Å². The molecule has 7 N–H and O–H groups in total. The molecule has 0 unspecified atom stereocenters. The first-order chi connectivity index (χ1) is 25.0. The molecule has 2 aliphatic heterocycles. The molecule has 15 nitrogen and oxygen atoms in total. The smallest absolute Gasteiger partial charge is 0.369 e. The molecule has 0 spiro atoms. The number of ether oxygens (including phenoxy) is 7. The first kappa shape index (κ1) is 36.1. The van der Waals surface area contributed by atoms with Gasteiger partial charge in [-0.1, -0.05) is 18.2 Å². The van der Waals surface area contributed by atoms with Crippen molar-refractivity contribution in [2.75, 3.05) is 35.0 Å². The predicted molar refractivity (Wildman–Crippen MR) is 185 cm³/mol. The number of benzene rings is 3. The van der Waals surface area contributed by atoms with Crippen LogP contribution in [0.1, 0.15) is 22.5 Å². The summed E-state index contributed by atoms with van der Waals surface area (Å²) in [6.45, 7) is -0.692. The number of rotatable bonds is 11. The van der Waals surface area contributed by atoms with Crippen molar-refractivity contribution in [1.29, 1.82) is 0 Å². The average Bonchev–Trinajstić information content (AvgIpc) is 3.14. The highest BCUT2D eigenvalue weighted by Crippen LogP contribution is 2.48. The Kier molecular flexibility index (Phi) is 10.3. The molecule has 0 amide bonds. The van der Waals surface area contributed by atoms with E-state index in [4.69, 9.17) is 37.6 Å². The van der Waals surface area contributed by atoms with Gasteiger partial charge in [0, 0.05) is 17.7 Å². The van der Waals surface area contributed by atoms with Gasteiger partial charge in [-0.05, 0) is 29.8 Å². The van der Waals surface area contributed by atoms with E-state index < -0.39 is 37.3 Å². The molecule has 3 aromatic carbocycles. The fourth-order valence-electron chi connectivity index (χ4n) is 5.85. The topological polar surface area (TPSA) is 218 Å². The summed E-state index contributed by atoms with van der Waals surface area (Å²) in [4.78, 5) is 0. The lowest BCUT2D eigenvalue weighted by Crippen LogP contribution is -2.59. The second-order valence-corrected chi connectivity index (χ2v) is 11.7. The molecule has 0 saturated carbocycles. The molecule has 0 radical (unpaired) electrons. The highest BCUT2D eigenvalue weighted by atomic mass is 16.7. The first-order valence-electron chi connectivity index (χ1n) is 15.8. The molecule has 1 saturated heterocycles. The second kappa shape index (κ2) is 14.9. The standard InChI is InChI=1S/C37H36O15/c1-45-24-9-17(10-25(46-2)30(24)40)7-5-6-8-20-15-21-29-22(49-20)13-19(39)14-23(29)50-35(18-11-26(47-3)31(41)27(12-18)48-4)36(21)52-37-34(44)33(43)32(42)28(16-38)51-37/h5-15,28,32-34,37-38,42-44H,16H2,1-4H3,(H2-,39,40,41)/p+1/b7-5+,8-6+/t28-,32-,33+,34-,37+/m1/s1. The van der Waals surface area contributed by atoms with Crippen LogP contribution in [0.3, 0.4) is 0 Å². The lowest BCUT2D eigenvalue weighted by Gasteiger charge is -2.40. The molecule has 0 aliphatic carbocycles. The van der Waals surface area contributed by atoms with Gasteiger partial charge in [0.15, 0.2) is 34.5 Å². The fourth-order valence-corrected chi connectivity index (χ4v) is 5.85. The quantitative estimate of drug-likeness (QED) is 0.0869. The monoisotopic (exact) mass is 721 g/mol. The van der Waals surface area contributed by atoms with Crippen LogP contribution >= 0.6 is 0 Å². The van der Waals surface area contributed by atoms with Crippen LogP contribution in [-0.4, -0.2) is 101 Å². The van der Waals surface area contributed by atoms with Crippen LogP contribution in [0.15, 0.2) is 59.0 Å². The minimum Gasteiger partial charge on any atom is -0.507 e. The summed E-state index contributed by atoms with van der Waals surface area (Å²) in [7, 11) is 5.54. The zero-order chi connectivity index (χ0) is 37.3. The Morgan fingerprint density at radius 2 is 1.33 bits per heavy atom. The van der Waals surface area contributed by atoms with Crippen molar-refractivity contribution >= 4 is 34.6 Å². The zero-order valence-corrected chi connectivity index (χ0v) is 28.3. The summed E-state index contributed by atoms with van der Waals surface area (Å²) in [5.41, 5.74) is 1.43. The van der Waals surface area contributed by atoms with Crippen LogP contribution in [-0.2, 0) is 9.47 Å². The Bertz CT molecular complexity index is 2020. The van der Waals surface area contributed by atoms with Crippen molar-refractivity contribution in [3.05, 3.63) is 77.1 Å². The van der Waals surface area contributed by atoms with Crippen LogP contribution in [0.25, 0.3) is 34.6 Å². The third-order valence-corrected chi connectivity index (χ3v) is 8.48. The zero-order valence-electron chi connectivity index (χ0n) is 28.3. The van der Waals surface area contributed by atoms with E-state index in [9.17, 15) is 35.7 Å². The van der Waals surface area contributed by atoms with Crippen LogP contribution in [0.4, 0.5) is 0 Å². The number of aromatic hydroxyl groups is 3. The van der Waals surface area contributed by atoms with Crippen molar-refractivity contribution < 1.29 is 73.3 Å². The minimum absolute atomic E-state index is 0.00999. The SMILES string of the molecule is COc1cc(/C=C/C=C/c2cc3c4c(cc(O)cc4[o+]2)OC(c2cc(OC)c(O)c(OC)c2)=C3O[C@@H]2O[C@H](CO)[C@@H](O)[C@H](O)[C@H]2O)cc(OC)c1O. The molecule has 4 aromatic rings. The van der Waals surface area contributed by atoms with Crippen LogP contribution < -0.4 is 23.7 Å². The molecule has 15 heteroatoms. The van der Waals surface area contributed by atoms with E-state index in [0.717, 1.165) is 0 Å². The fraction of sp³-hybridized carbons (Fsp3) is 0.270. The summed E-state index contributed by atoms with van der Waals surface area (Å²) in [5.74, 6) is 0.243. The largest absolute Gasteiger partial charge is 0.507 e. The molecule has 274 valence electrons. The molecular weight excluding hydrogens is 684 g/mol. The van der Waals surface area contributed by atoms with E-state index in [1.54, 1.807) is 42.5 Å². The average molecular weight is 722 g/mol. The minimum atomic E-state index is -1.78.